The monoisotopic (exact) mass is 256 g/mol. The van der Waals surface area contributed by atoms with Crippen LogP contribution in [0, 0.1) is 0 Å². The SMILES string of the molecule is CCN(C(=O)OC(C)(C)C)[C@H]1CCCC[C@H]1NC. The number of nitrogens with one attached hydrogen (secondary N) is 1. The lowest BCUT2D eigenvalue weighted by Crippen LogP contribution is -2.53. The summed E-state index contributed by atoms with van der Waals surface area (Å²) in [7, 11) is 1.98. The quantitative estimate of drug-likeness (QED) is 0.844. The topological polar surface area (TPSA) is 41.6 Å². The van der Waals surface area contributed by atoms with E-state index in [2.05, 4.69) is 5.32 Å². The number of hydrogen-bond donors (Lipinski definition) is 1. The Morgan fingerprint density at radius 1 is 1.33 bits per heavy atom. The number of carbonyl (C=O) groups is 1. The van der Waals surface area contributed by atoms with Crippen molar-refractivity contribution in [2.24, 2.45) is 0 Å². The van der Waals surface area contributed by atoms with Gasteiger partial charge in [0.2, 0.25) is 0 Å². The number of hydrogen-bond acceptors (Lipinski definition) is 3. The first-order chi connectivity index (χ1) is 8.39. The van der Waals surface area contributed by atoms with Gasteiger partial charge in [0.05, 0.1) is 6.04 Å². The molecule has 1 N–H and O–H groups in total. The van der Waals surface area contributed by atoms with E-state index < -0.39 is 5.60 Å². The molecule has 1 aliphatic carbocycles. The highest BCUT2D eigenvalue weighted by Crippen LogP contribution is 2.24. The van der Waals surface area contributed by atoms with Gasteiger partial charge in [-0.25, -0.2) is 4.79 Å². The Hall–Kier alpha value is -0.770. The summed E-state index contributed by atoms with van der Waals surface area (Å²) < 4.78 is 5.50. The molecule has 0 heterocycles. The Kier molecular flexibility index (Phi) is 5.45. The van der Waals surface area contributed by atoms with Crippen LogP contribution in [0.15, 0.2) is 0 Å². The van der Waals surface area contributed by atoms with Gasteiger partial charge >= 0.3 is 6.09 Å². The van der Waals surface area contributed by atoms with Crippen molar-refractivity contribution in [1.29, 1.82) is 0 Å². The Balaban J connectivity index is 2.71. The maximum absolute atomic E-state index is 12.2. The van der Waals surface area contributed by atoms with Crippen LogP contribution in [0.1, 0.15) is 53.4 Å². The van der Waals surface area contributed by atoms with Crippen LogP contribution in [-0.4, -0.2) is 42.3 Å². The van der Waals surface area contributed by atoms with Gasteiger partial charge in [0.15, 0.2) is 0 Å². The van der Waals surface area contributed by atoms with Gasteiger partial charge in [0.1, 0.15) is 5.60 Å². The second kappa shape index (κ2) is 6.41. The van der Waals surface area contributed by atoms with Crippen LogP contribution in [0.25, 0.3) is 0 Å². The first-order valence-corrected chi connectivity index (χ1v) is 7.06. The molecule has 0 aliphatic heterocycles. The fraction of sp³-hybridized carbons (Fsp3) is 0.929. The van der Waals surface area contributed by atoms with E-state index in [0.29, 0.717) is 12.6 Å². The van der Waals surface area contributed by atoms with Crippen LogP contribution in [0.3, 0.4) is 0 Å². The van der Waals surface area contributed by atoms with E-state index in [0.717, 1.165) is 12.8 Å². The Labute approximate surface area is 111 Å². The van der Waals surface area contributed by atoms with E-state index >= 15 is 0 Å². The van der Waals surface area contributed by atoms with Crippen molar-refractivity contribution in [2.75, 3.05) is 13.6 Å². The van der Waals surface area contributed by atoms with Crippen molar-refractivity contribution in [3.05, 3.63) is 0 Å². The lowest BCUT2D eigenvalue weighted by molar-refractivity contribution is 0.00953. The summed E-state index contributed by atoms with van der Waals surface area (Å²) in [6, 6.07) is 0.662. The number of ether oxygens (including phenoxy) is 1. The summed E-state index contributed by atoms with van der Waals surface area (Å²) in [6.07, 6.45) is 4.46. The minimum Gasteiger partial charge on any atom is -0.444 e. The standard InChI is InChI=1S/C14H28N2O2/c1-6-16(13(17)18-14(2,3)4)12-10-8-7-9-11(12)15-5/h11-12,15H,6-10H2,1-5H3/t11-,12+/m1/s1. The van der Waals surface area contributed by atoms with Gasteiger partial charge in [-0.05, 0) is 47.6 Å². The van der Waals surface area contributed by atoms with E-state index in [-0.39, 0.29) is 12.1 Å². The predicted molar refractivity (Wildman–Crippen MR) is 73.7 cm³/mol. The van der Waals surface area contributed by atoms with Gasteiger partial charge in [0, 0.05) is 12.6 Å². The highest BCUT2D eigenvalue weighted by molar-refractivity contribution is 5.68. The molecule has 4 heteroatoms. The molecule has 0 spiro atoms. The predicted octanol–water partition coefficient (Wildman–Crippen LogP) is 2.77. The molecule has 2 atom stereocenters. The summed E-state index contributed by atoms with van der Waals surface area (Å²) in [5.41, 5.74) is -0.422. The Bertz CT molecular complexity index is 273. The lowest BCUT2D eigenvalue weighted by Gasteiger charge is -2.39. The van der Waals surface area contributed by atoms with E-state index in [9.17, 15) is 4.79 Å². The molecule has 1 rings (SSSR count). The van der Waals surface area contributed by atoms with Crippen LogP contribution < -0.4 is 5.32 Å². The van der Waals surface area contributed by atoms with Crippen LogP contribution in [0.4, 0.5) is 4.79 Å². The minimum atomic E-state index is -0.422. The van der Waals surface area contributed by atoms with Gasteiger partial charge < -0.3 is 15.0 Å². The maximum Gasteiger partial charge on any atom is 0.410 e. The molecular weight excluding hydrogens is 228 g/mol. The molecule has 0 aromatic rings. The Morgan fingerprint density at radius 3 is 2.44 bits per heavy atom. The molecule has 1 fully saturated rings. The van der Waals surface area contributed by atoms with Gasteiger partial charge in [-0.3, -0.25) is 0 Å². The lowest BCUT2D eigenvalue weighted by atomic mass is 9.89. The first kappa shape index (κ1) is 15.3. The number of rotatable bonds is 3. The van der Waals surface area contributed by atoms with E-state index in [1.807, 2.05) is 39.6 Å². The molecule has 1 aliphatic rings. The Morgan fingerprint density at radius 2 is 1.94 bits per heavy atom. The molecule has 106 valence electrons. The van der Waals surface area contributed by atoms with Crippen molar-refractivity contribution >= 4 is 6.09 Å². The summed E-state index contributed by atoms with van der Waals surface area (Å²) in [5, 5.41) is 3.34. The molecule has 0 unspecified atom stereocenters. The van der Waals surface area contributed by atoms with Crippen molar-refractivity contribution in [3.8, 4) is 0 Å². The molecule has 0 saturated heterocycles. The molecule has 4 nitrogen and oxygen atoms in total. The van der Waals surface area contributed by atoms with E-state index in [4.69, 9.17) is 4.74 Å². The highest BCUT2D eigenvalue weighted by Gasteiger charge is 2.33. The third kappa shape index (κ3) is 4.16. The molecule has 1 amide bonds. The average molecular weight is 256 g/mol. The van der Waals surface area contributed by atoms with E-state index in [1.54, 1.807) is 0 Å². The zero-order chi connectivity index (χ0) is 13.8. The highest BCUT2D eigenvalue weighted by atomic mass is 16.6. The fourth-order valence-electron chi connectivity index (χ4n) is 2.64. The van der Waals surface area contributed by atoms with Crippen molar-refractivity contribution in [1.82, 2.24) is 10.2 Å². The second-order valence-electron chi connectivity index (χ2n) is 6.01. The summed E-state index contributed by atoms with van der Waals surface area (Å²) in [6.45, 7) is 8.46. The van der Waals surface area contributed by atoms with Gasteiger partial charge in [-0.1, -0.05) is 12.8 Å². The number of nitrogens with zero attached hydrogens (tertiary/aromatic N) is 1. The van der Waals surface area contributed by atoms with Gasteiger partial charge in [-0.2, -0.15) is 0 Å². The average Bonchev–Trinajstić information content (AvgIpc) is 2.28. The zero-order valence-corrected chi connectivity index (χ0v) is 12.5. The van der Waals surface area contributed by atoms with E-state index in [1.165, 1.54) is 12.8 Å². The maximum atomic E-state index is 12.2. The summed E-state index contributed by atoms with van der Waals surface area (Å²) in [5.74, 6) is 0. The van der Waals surface area contributed by atoms with Crippen molar-refractivity contribution in [3.63, 3.8) is 0 Å². The third-order valence-electron chi connectivity index (χ3n) is 3.47. The smallest absolute Gasteiger partial charge is 0.410 e. The second-order valence-corrected chi connectivity index (χ2v) is 6.01. The zero-order valence-electron chi connectivity index (χ0n) is 12.5. The van der Waals surface area contributed by atoms with Crippen molar-refractivity contribution < 1.29 is 9.53 Å². The number of amides is 1. The number of likely N-dealkylation sites (N-methyl/N-ethyl adjacent to an activating group) is 2. The first-order valence-electron chi connectivity index (χ1n) is 7.06. The molecule has 0 radical (unpaired) electrons. The molecule has 0 aromatic carbocycles. The molecule has 18 heavy (non-hydrogen) atoms. The minimum absolute atomic E-state index is 0.183. The van der Waals surface area contributed by atoms with Gasteiger partial charge in [-0.15, -0.1) is 0 Å². The normalized spacial score (nSPS) is 24.7. The van der Waals surface area contributed by atoms with Crippen LogP contribution >= 0.6 is 0 Å². The molecule has 1 saturated carbocycles. The van der Waals surface area contributed by atoms with Crippen LogP contribution in [0.5, 0.6) is 0 Å². The molecular formula is C14H28N2O2. The largest absolute Gasteiger partial charge is 0.444 e. The summed E-state index contributed by atoms with van der Waals surface area (Å²) in [4.78, 5) is 14.1. The van der Waals surface area contributed by atoms with Crippen LogP contribution in [-0.2, 0) is 4.74 Å². The molecule has 0 aromatic heterocycles. The van der Waals surface area contributed by atoms with Crippen LogP contribution in [0.2, 0.25) is 0 Å². The summed E-state index contributed by atoms with van der Waals surface area (Å²) >= 11 is 0. The van der Waals surface area contributed by atoms with Gasteiger partial charge in [0.25, 0.3) is 0 Å². The van der Waals surface area contributed by atoms with Crippen molar-refractivity contribution in [2.45, 2.75) is 71.1 Å². The third-order valence-corrected chi connectivity index (χ3v) is 3.47. The number of carbonyl (C=O) groups excluding carboxylic acids is 1. The molecule has 0 bridgehead atoms. The fourth-order valence-corrected chi connectivity index (χ4v) is 2.64.